The van der Waals surface area contributed by atoms with E-state index in [0.29, 0.717) is 6.07 Å². The first kappa shape index (κ1) is 21.8. The number of aromatic amines is 1. The quantitative estimate of drug-likeness (QED) is 0.381. The van der Waals surface area contributed by atoms with Crippen molar-refractivity contribution in [1.82, 2.24) is 20.2 Å². The van der Waals surface area contributed by atoms with Crippen LogP contribution in [-0.4, -0.2) is 49.7 Å². The van der Waals surface area contributed by atoms with Gasteiger partial charge in [-0.05, 0) is 30.3 Å². The van der Waals surface area contributed by atoms with Crippen molar-refractivity contribution in [2.75, 3.05) is 13.2 Å². The number of nitrogens with one attached hydrogen (secondary N) is 1. The Bertz CT molecular complexity index is 1290. The van der Waals surface area contributed by atoms with E-state index in [9.17, 15) is 18.3 Å². The molecule has 0 spiro atoms. The second-order valence-corrected chi connectivity index (χ2v) is 6.99. The molecule has 0 amide bonds. The molecule has 1 atom stereocenters. The number of nitrogens with zero attached hydrogens (tertiary/aromatic N) is 3. The van der Waals surface area contributed by atoms with Gasteiger partial charge in [0, 0.05) is 16.7 Å². The summed E-state index contributed by atoms with van der Waals surface area (Å²) in [6, 6.07) is 6.25. The third-order valence-corrected chi connectivity index (χ3v) is 4.51. The van der Waals surface area contributed by atoms with Crippen LogP contribution in [0.15, 0.2) is 36.4 Å². The summed E-state index contributed by atoms with van der Waals surface area (Å²) in [6.07, 6.45) is -1.23. The normalized spacial score (nSPS) is 12.2. The maximum atomic E-state index is 14.5. The molecule has 2 aromatic heterocycles. The van der Waals surface area contributed by atoms with Crippen molar-refractivity contribution in [2.24, 2.45) is 0 Å². The van der Waals surface area contributed by atoms with E-state index < -0.39 is 36.2 Å². The minimum Gasteiger partial charge on any atom is -0.474 e. The van der Waals surface area contributed by atoms with Gasteiger partial charge in [0.25, 0.3) is 0 Å². The van der Waals surface area contributed by atoms with Crippen LogP contribution in [-0.2, 0) is 0 Å². The number of aromatic nitrogens is 4. The fraction of sp³-hybridized carbons (Fsp3) is 0.150. The first-order valence-corrected chi connectivity index (χ1v) is 9.49. The second kappa shape index (κ2) is 8.99. The highest BCUT2D eigenvalue weighted by Crippen LogP contribution is 2.36. The molecule has 1 unspecified atom stereocenters. The minimum atomic E-state index is -1.23. The lowest BCUT2D eigenvalue weighted by atomic mass is 10.1. The zero-order valence-electron chi connectivity index (χ0n) is 16.0. The largest absolute Gasteiger partial charge is 0.474 e. The van der Waals surface area contributed by atoms with Crippen molar-refractivity contribution in [1.29, 1.82) is 0 Å². The predicted octanol–water partition coefficient (Wildman–Crippen LogP) is 3.61. The Morgan fingerprint density at radius 3 is 2.59 bits per heavy atom. The highest BCUT2D eigenvalue weighted by Gasteiger charge is 2.22. The Kier molecular flexibility index (Phi) is 6.12. The maximum Gasteiger partial charge on any atom is 0.327 e. The Balaban J connectivity index is 1.81. The van der Waals surface area contributed by atoms with Crippen LogP contribution >= 0.6 is 11.6 Å². The molecule has 4 aromatic rings. The molecular formula is C20H14ClF3N4O4. The van der Waals surface area contributed by atoms with Crippen molar-refractivity contribution in [2.45, 2.75) is 6.10 Å². The van der Waals surface area contributed by atoms with E-state index in [1.54, 1.807) is 0 Å². The zero-order chi connectivity index (χ0) is 22.8. The van der Waals surface area contributed by atoms with Gasteiger partial charge in [0.1, 0.15) is 29.7 Å². The predicted molar refractivity (Wildman–Crippen MR) is 107 cm³/mol. The van der Waals surface area contributed by atoms with Crippen LogP contribution in [0.1, 0.15) is 0 Å². The van der Waals surface area contributed by atoms with Crippen molar-refractivity contribution in [3.63, 3.8) is 0 Å². The van der Waals surface area contributed by atoms with E-state index in [-0.39, 0.29) is 45.5 Å². The van der Waals surface area contributed by atoms with Gasteiger partial charge in [-0.3, -0.25) is 5.10 Å². The van der Waals surface area contributed by atoms with Crippen LogP contribution in [0.2, 0.25) is 5.02 Å². The standard InChI is InChI=1S/C20H14ClF3N4O4/c21-9-1-3-12(13(23)5-9)17-16-18(28-27-17)25-20(26-19(16)31-8-11(30)7-29)32-15-4-2-10(22)6-14(15)24/h1-6,11,29-30H,7-8H2,(H,25,26,27,28). The Morgan fingerprint density at radius 2 is 1.88 bits per heavy atom. The van der Waals surface area contributed by atoms with E-state index in [1.807, 2.05) is 0 Å². The number of aliphatic hydroxyl groups is 2. The molecule has 0 radical (unpaired) electrons. The lowest BCUT2D eigenvalue weighted by Gasteiger charge is -2.12. The van der Waals surface area contributed by atoms with Crippen LogP contribution in [0, 0.1) is 17.5 Å². The number of hydrogen-bond donors (Lipinski definition) is 3. The van der Waals surface area contributed by atoms with Gasteiger partial charge < -0.3 is 19.7 Å². The first-order chi connectivity index (χ1) is 15.4. The van der Waals surface area contributed by atoms with Crippen molar-refractivity contribution in [3.05, 3.63) is 58.9 Å². The summed E-state index contributed by atoms with van der Waals surface area (Å²) in [5, 5.41) is 25.6. The number of fused-ring (bicyclic) bond motifs is 1. The molecule has 3 N–H and O–H groups in total. The van der Waals surface area contributed by atoms with Gasteiger partial charge in [-0.25, -0.2) is 13.2 Å². The number of rotatable bonds is 7. The third-order valence-electron chi connectivity index (χ3n) is 4.28. The Labute approximate surface area is 183 Å². The molecule has 0 aliphatic rings. The maximum absolute atomic E-state index is 14.5. The second-order valence-electron chi connectivity index (χ2n) is 6.56. The van der Waals surface area contributed by atoms with Crippen LogP contribution < -0.4 is 9.47 Å². The number of ether oxygens (including phenoxy) is 2. The fourth-order valence-electron chi connectivity index (χ4n) is 2.80. The van der Waals surface area contributed by atoms with Gasteiger partial charge in [0.15, 0.2) is 17.2 Å². The summed E-state index contributed by atoms with van der Waals surface area (Å²) in [5.41, 5.74) is 0.226. The topological polar surface area (TPSA) is 113 Å². The van der Waals surface area contributed by atoms with Crippen LogP contribution in [0.3, 0.4) is 0 Å². The van der Waals surface area contributed by atoms with Gasteiger partial charge in [-0.15, -0.1) is 0 Å². The molecule has 0 bridgehead atoms. The van der Waals surface area contributed by atoms with Crippen molar-refractivity contribution >= 4 is 22.6 Å². The minimum absolute atomic E-state index is 0.0182. The molecular weight excluding hydrogens is 453 g/mol. The molecule has 0 fully saturated rings. The number of H-pyrrole nitrogens is 1. The molecule has 0 aliphatic carbocycles. The lowest BCUT2D eigenvalue weighted by molar-refractivity contribution is 0.0525. The molecule has 12 heteroatoms. The average Bonchev–Trinajstić information content (AvgIpc) is 3.17. The summed E-state index contributed by atoms with van der Waals surface area (Å²) >= 11 is 5.81. The molecule has 2 heterocycles. The van der Waals surface area contributed by atoms with Crippen molar-refractivity contribution in [3.8, 4) is 28.9 Å². The summed E-state index contributed by atoms with van der Waals surface area (Å²) in [7, 11) is 0. The molecule has 0 aliphatic heterocycles. The monoisotopic (exact) mass is 466 g/mol. The molecule has 0 saturated heterocycles. The van der Waals surface area contributed by atoms with Crippen LogP contribution in [0.5, 0.6) is 17.6 Å². The summed E-state index contributed by atoms with van der Waals surface area (Å²) < 4.78 is 52.4. The van der Waals surface area contributed by atoms with Crippen LogP contribution in [0.25, 0.3) is 22.3 Å². The zero-order valence-corrected chi connectivity index (χ0v) is 16.8. The molecule has 166 valence electrons. The summed E-state index contributed by atoms with van der Waals surface area (Å²) in [6.45, 7) is -0.955. The summed E-state index contributed by atoms with van der Waals surface area (Å²) in [4.78, 5) is 8.11. The molecule has 0 saturated carbocycles. The number of aliphatic hydroxyl groups excluding tert-OH is 2. The van der Waals surface area contributed by atoms with E-state index in [2.05, 4.69) is 20.2 Å². The van der Waals surface area contributed by atoms with E-state index >= 15 is 0 Å². The Hall–Kier alpha value is -3.41. The van der Waals surface area contributed by atoms with Gasteiger partial charge in [0.2, 0.25) is 5.88 Å². The van der Waals surface area contributed by atoms with Gasteiger partial charge in [-0.1, -0.05) is 11.6 Å². The number of halogens is 4. The lowest BCUT2D eigenvalue weighted by Crippen LogP contribution is -2.21. The summed E-state index contributed by atoms with van der Waals surface area (Å²) in [5.74, 6) is -2.98. The van der Waals surface area contributed by atoms with E-state index in [1.165, 1.54) is 12.1 Å². The SMILES string of the molecule is OCC(O)COc1nc(Oc2ccc(F)cc2F)nc2n[nH]c(-c3ccc(Cl)cc3F)c12. The number of benzene rings is 2. The Morgan fingerprint density at radius 1 is 1.06 bits per heavy atom. The molecule has 8 nitrogen and oxygen atoms in total. The molecule has 32 heavy (non-hydrogen) atoms. The average molecular weight is 467 g/mol. The number of hydrogen-bond acceptors (Lipinski definition) is 7. The molecule has 4 rings (SSSR count). The van der Waals surface area contributed by atoms with E-state index in [4.69, 9.17) is 26.2 Å². The van der Waals surface area contributed by atoms with Gasteiger partial charge >= 0.3 is 6.01 Å². The fourth-order valence-corrected chi connectivity index (χ4v) is 2.95. The van der Waals surface area contributed by atoms with Crippen molar-refractivity contribution < 1.29 is 32.9 Å². The first-order valence-electron chi connectivity index (χ1n) is 9.12. The highest BCUT2D eigenvalue weighted by atomic mass is 35.5. The molecule has 2 aromatic carbocycles. The third kappa shape index (κ3) is 4.44. The van der Waals surface area contributed by atoms with Gasteiger partial charge in [0.05, 0.1) is 12.3 Å². The highest BCUT2D eigenvalue weighted by molar-refractivity contribution is 6.30. The van der Waals surface area contributed by atoms with Crippen LogP contribution in [0.4, 0.5) is 13.2 Å². The van der Waals surface area contributed by atoms with E-state index in [0.717, 1.165) is 18.2 Å². The smallest absolute Gasteiger partial charge is 0.327 e. The van der Waals surface area contributed by atoms with Gasteiger partial charge in [-0.2, -0.15) is 15.1 Å².